The van der Waals surface area contributed by atoms with E-state index >= 15 is 0 Å². The summed E-state index contributed by atoms with van der Waals surface area (Å²) in [5, 5.41) is 22.2. The summed E-state index contributed by atoms with van der Waals surface area (Å²) < 4.78 is 82.5. The maximum absolute atomic E-state index is 13.9. The Morgan fingerprint density at radius 2 is 1.85 bits per heavy atom. The zero-order valence-electron chi connectivity index (χ0n) is 21.1. The third-order valence-corrected chi connectivity index (χ3v) is 6.85. The van der Waals surface area contributed by atoms with Gasteiger partial charge in [-0.1, -0.05) is 12.1 Å². The van der Waals surface area contributed by atoms with E-state index in [2.05, 4.69) is 15.3 Å². The van der Waals surface area contributed by atoms with Crippen molar-refractivity contribution in [1.82, 2.24) is 25.1 Å². The van der Waals surface area contributed by atoms with Gasteiger partial charge in [0.15, 0.2) is 5.69 Å². The Morgan fingerprint density at radius 1 is 1.15 bits per heavy atom. The van der Waals surface area contributed by atoms with Crippen molar-refractivity contribution < 1.29 is 46.1 Å². The van der Waals surface area contributed by atoms with E-state index in [1.807, 2.05) is 0 Å². The Bertz CT molecular complexity index is 1240. The van der Waals surface area contributed by atoms with Crippen LogP contribution in [0.2, 0.25) is 0 Å². The van der Waals surface area contributed by atoms with Gasteiger partial charge in [-0.25, -0.2) is 27.9 Å². The number of aliphatic hydroxyl groups excluding tert-OH is 1. The number of nitrogens with zero attached hydrogens (tertiary/aromatic N) is 4. The largest absolute Gasteiger partial charge is 0.465 e. The summed E-state index contributed by atoms with van der Waals surface area (Å²) in [6.45, 7) is -1.56. The van der Waals surface area contributed by atoms with Gasteiger partial charge in [-0.2, -0.15) is 13.2 Å². The molecule has 2 atom stereocenters. The third kappa shape index (κ3) is 7.38. The molecule has 0 aliphatic carbocycles. The number of carbonyl (C=O) groups excluding carboxylic acids is 1. The number of aliphatic hydroxyl groups is 1. The van der Waals surface area contributed by atoms with Crippen LogP contribution >= 0.6 is 0 Å². The second-order valence-corrected chi connectivity index (χ2v) is 9.93. The molecule has 15 heteroatoms. The molecule has 3 heterocycles. The monoisotopic (exact) mass is 575 g/mol. The van der Waals surface area contributed by atoms with Crippen LogP contribution < -0.4 is 5.32 Å². The normalized spacial score (nSPS) is 19.2. The first-order valence-electron chi connectivity index (χ1n) is 12.5. The lowest BCUT2D eigenvalue weighted by molar-refractivity contribution is -0.148. The average molecular weight is 576 g/mol. The van der Waals surface area contributed by atoms with E-state index < -0.39 is 73.8 Å². The first kappa shape index (κ1) is 29.5. The Hall–Kier alpha value is -3.46. The van der Waals surface area contributed by atoms with E-state index in [-0.39, 0.29) is 49.4 Å². The van der Waals surface area contributed by atoms with Crippen LogP contribution in [0.4, 0.5) is 31.1 Å². The maximum atomic E-state index is 13.9. The zero-order chi connectivity index (χ0) is 29.2. The standard InChI is InChI=1S/C25H27F6N5O4/c26-15-3-1-14(2-4-15)9-19-33-18-12-35(8-6-17(18)22(34-19)25(29,30)31)21(38)10-16(32-23(39)40)11-36-13-24(27,28)7-5-20(36)37/h1-4,16,21,32,38H,5-13H2,(H,39,40)/t16-,21?/m0/s1. The SMILES string of the molecule is O=C(O)N[C@@H](CC(O)N1CCc2c(nc(Cc3ccc(F)cc3)nc2C(F)(F)F)C1)CN1CC(F)(F)CCC1=O. The van der Waals surface area contributed by atoms with Gasteiger partial charge in [0.05, 0.1) is 18.3 Å². The van der Waals surface area contributed by atoms with Gasteiger partial charge in [0.25, 0.3) is 5.92 Å². The van der Waals surface area contributed by atoms with Crippen molar-refractivity contribution in [1.29, 1.82) is 0 Å². The van der Waals surface area contributed by atoms with Crippen molar-refractivity contribution in [3.05, 3.63) is 58.4 Å². The number of fused-ring (bicyclic) bond motifs is 1. The lowest BCUT2D eigenvalue weighted by Gasteiger charge is -2.37. The molecular weight excluding hydrogens is 548 g/mol. The van der Waals surface area contributed by atoms with E-state index in [1.165, 1.54) is 17.0 Å². The number of hydrogen-bond acceptors (Lipinski definition) is 6. The Kier molecular flexibility index (Phi) is 8.54. The molecule has 3 N–H and O–H groups in total. The van der Waals surface area contributed by atoms with Gasteiger partial charge in [-0.05, 0) is 24.1 Å². The minimum Gasteiger partial charge on any atom is -0.465 e. The molecule has 2 aliphatic rings. The zero-order valence-corrected chi connectivity index (χ0v) is 21.1. The highest BCUT2D eigenvalue weighted by Crippen LogP contribution is 2.34. The number of amides is 2. The number of benzene rings is 1. The van der Waals surface area contributed by atoms with Crippen molar-refractivity contribution >= 4 is 12.0 Å². The molecule has 218 valence electrons. The van der Waals surface area contributed by atoms with Crippen LogP contribution in [0.1, 0.15) is 47.6 Å². The van der Waals surface area contributed by atoms with Gasteiger partial charge in [-0.15, -0.1) is 0 Å². The second-order valence-electron chi connectivity index (χ2n) is 9.93. The van der Waals surface area contributed by atoms with Gasteiger partial charge >= 0.3 is 12.3 Å². The van der Waals surface area contributed by atoms with Gasteiger partial charge < -0.3 is 20.4 Å². The first-order chi connectivity index (χ1) is 18.7. The van der Waals surface area contributed by atoms with E-state index in [9.17, 15) is 46.1 Å². The summed E-state index contributed by atoms with van der Waals surface area (Å²) in [5.41, 5.74) is -0.709. The molecule has 2 aromatic rings. The van der Waals surface area contributed by atoms with Crippen LogP contribution in [0.15, 0.2) is 24.3 Å². The maximum Gasteiger partial charge on any atom is 0.433 e. The summed E-state index contributed by atoms with van der Waals surface area (Å²) in [4.78, 5) is 33.7. The molecule has 2 aliphatic heterocycles. The molecule has 9 nitrogen and oxygen atoms in total. The van der Waals surface area contributed by atoms with Crippen LogP contribution in [-0.4, -0.2) is 79.8 Å². The number of rotatable bonds is 8. The van der Waals surface area contributed by atoms with Crippen LogP contribution in [0.25, 0.3) is 0 Å². The summed E-state index contributed by atoms with van der Waals surface area (Å²) in [6, 6.07) is 4.00. The fourth-order valence-corrected chi connectivity index (χ4v) is 4.94. The van der Waals surface area contributed by atoms with Crippen LogP contribution in [-0.2, 0) is 30.4 Å². The highest BCUT2D eigenvalue weighted by Gasteiger charge is 2.41. The number of nitrogens with one attached hydrogen (secondary N) is 1. The number of hydrogen-bond donors (Lipinski definition) is 3. The van der Waals surface area contributed by atoms with Crippen LogP contribution in [0.3, 0.4) is 0 Å². The van der Waals surface area contributed by atoms with Gasteiger partial charge in [0.2, 0.25) is 5.91 Å². The minimum absolute atomic E-state index is 0.0262. The van der Waals surface area contributed by atoms with Crippen molar-refractivity contribution in [2.24, 2.45) is 0 Å². The van der Waals surface area contributed by atoms with Gasteiger partial charge in [0, 0.05) is 50.9 Å². The Balaban J connectivity index is 1.52. The summed E-state index contributed by atoms with van der Waals surface area (Å²) in [5.74, 6) is -4.36. The molecule has 1 aromatic heterocycles. The lowest BCUT2D eigenvalue weighted by atomic mass is 10.00. The van der Waals surface area contributed by atoms with Gasteiger partial charge in [0.1, 0.15) is 17.9 Å². The van der Waals surface area contributed by atoms with Crippen molar-refractivity contribution in [3.8, 4) is 0 Å². The average Bonchev–Trinajstić information content (AvgIpc) is 2.85. The molecule has 0 spiro atoms. The molecule has 4 rings (SSSR count). The van der Waals surface area contributed by atoms with Gasteiger partial charge in [-0.3, -0.25) is 9.69 Å². The lowest BCUT2D eigenvalue weighted by Crippen LogP contribution is -2.54. The molecule has 1 fully saturated rings. The second kappa shape index (κ2) is 11.6. The fraction of sp³-hybridized carbons (Fsp3) is 0.520. The molecule has 0 radical (unpaired) electrons. The van der Waals surface area contributed by atoms with E-state index in [0.717, 1.165) is 17.0 Å². The van der Waals surface area contributed by atoms with Crippen molar-refractivity contribution in [2.75, 3.05) is 19.6 Å². The number of likely N-dealkylation sites (tertiary alicyclic amines) is 1. The minimum atomic E-state index is -4.77. The van der Waals surface area contributed by atoms with Crippen molar-refractivity contribution in [2.45, 2.75) is 63.0 Å². The quantitative estimate of drug-likeness (QED) is 0.414. The smallest absolute Gasteiger partial charge is 0.433 e. The molecular formula is C25H27F6N5O4. The molecule has 40 heavy (non-hydrogen) atoms. The number of piperidine rings is 1. The fourth-order valence-electron chi connectivity index (χ4n) is 4.94. The van der Waals surface area contributed by atoms with E-state index in [0.29, 0.717) is 5.56 Å². The Morgan fingerprint density at radius 3 is 2.50 bits per heavy atom. The molecule has 1 unspecified atom stereocenters. The number of carbonyl (C=O) groups is 2. The number of halogens is 6. The molecule has 0 saturated carbocycles. The van der Waals surface area contributed by atoms with Crippen molar-refractivity contribution in [3.63, 3.8) is 0 Å². The predicted molar refractivity (Wildman–Crippen MR) is 127 cm³/mol. The van der Waals surface area contributed by atoms with E-state index in [4.69, 9.17) is 0 Å². The highest BCUT2D eigenvalue weighted by atomic mass is 19.4. The Labute approximate surface area is 224 Å². The molecule has 2 amide bonds. The number of carboxylic acid groups (broad SMARTS) is 1. The molecule has 0 bridgehead atoms. The number of aromatic nitrogens is 2. The van der Waals surface area contributed by atoms with Crippen LogP contribution in [0.5, 0.6) is 0 Å². The third-order valence-electron chi connectivity index (χ3n) is 6.85. The van der Waals surface area contributed by atoms with Crippen LogP contribution in [0, 0.1) is 5.82 Å². The number of alkyl halides is 5. The summed E-state index contributed by atoms with van der Waals surface area (Å²) >= 11 is 0. The topological polar surface area (TPSA) is 119 Å². The molecule has 1 saturated heterocycles. The summed E-state index contributed by atoms with van der Waals surface area (Å²) in [7, 11) is 0. The molecule has 1 aromatic carbocycles. The summed E-state index contributed by atoms with van der Waals surface area (Å²) in [6.07, 6.45) is -9.26. The van der Waals surface area contributed by atoms with E-state index in [1.54, 1.807) is 0 Å². The predicted octanol–water partition coefficient (Wildman–Crippen LogP) is 3.19. The first-order valence-corrected chi connectivity index (χ1v) is 12.5. The highest BCUT2D eigenvalue weighted by molar-refractivity contribution is 5.77.